The Morgan fingerprint density at radius 1 is 0.476 bits per heavy atom. The number of anilines is 2. The summed E-state index contributed by atoms with van der Waals surface area (Å²) in [5.74, 6) is 0. The topological polar surface area (TPSA) is 32.8 Å². The molecule has 2 atom stereocenters. The van der Waals surface area contributed by atoms with Gasteiger partial charge in [0.05, 0.1) is 0 Å². The number of rotatable bonds is 2. The molecule has 0 aliphatic carbocycles. The lowest BCUT2D eigenvalue weighted by Gasteiger charge is -2.35. The zero-order valence-electron chi connectivity index (χ0n) is 24.5. The van der Waals surface area contributed by atoms with Crippen molar-refractivity contribution in [2.24, 2.45) is 0 Å². The Labute approximate surface area is 245 Å². The molecular weight excluding hydrogens is 516 g/mol. The summed E-state index contributed by atoms with van der Waals surface area (Å²) in [4.78, 5) is 5.12. The third kappa shape index (κ3) is 3.74. The van der Waals surface area contributed by atoms with E-state index in [0.29, 0.717) is 12.1 Å². The largest absolute Gasteiger partial charge is 0.456 e. The SMILES string of the molecule is CC1CCCCN1c1ccc2cc3c(cc2c1)oc1cc2c(cc13)oc1cc3cc(N4CCCCC4C)ccc3cc12. The normalized spacial score (nSPS) is 20.2. The van der Waals surface area contributed by atoms with E-state index >= 15 is 0 Å². The van der Waals surface area contributed by atoms with E-state index in [0.717, 1.165) is 57.0 Å². The Morgan fingerprint density at radius 2 is 0.905 bits per heavy atom. The molecule has 9 rings (SSSR count). The van der Waals surface area contributed by atoms with Crippen molar-refractivity contribution < 1.29 is 8.83 Å². The summed E-state index contributed by atoms with van der Waals surface area (Å²) in [5.41, 5.74) is 6.33. The van der Waals surface area contributed by atoms with Gasteiger partial charge in [0.25, 0.3) is 0 Å². The molecular formula is C38H36N2O2. The van der Waals surface area contributed by atoms with E-state index in [9.17, 15) is 0 Å². The summed E-state index contributed by atoms with van der Waals surface area (Å²) < 4.78 is 13.0. The third-order valence-electron chi connectivity index (χ3n) is 10.2. The van der Waals surface area contributed by atoms with E-state index in [1.165, 1.54) is 71.4 Å². The highest BCUT2D eigenvalue weighted by atomic mass is 16.3. The number of hydrogen-bond donors (Lipinski definition) is 0. The van der Waals surface area contributed by atoms with Crippen molar-refractivity contribution in [3.8, 4) is 0 Å². The van der Waals surface area contributed by atoms with Crippen molar-refractivity contribution in [1.29, 1.82) is 0 Å². The fourth-order valence-electron chi connectivity index (χ4n) is 7.83. The van der Waals surface area contributed by atoms with E-state index in [4.69, 9.17) is 8.83 Å². The van der Waals surface area contributed by atoms with Gasteiger partial charge in [-0.3, -0.25) is 0 Å². The first-order chi connectivity index (χ1) is 20.6. The van der Waals surface area contributed by atoms with Crippen LogP contribution in [-0.2, 0) is 0 Å². The highest BCUT2D eigenvalue weighted by Crippen LogP contribution is 2.40. The molecule has 2 aliphatic rings. The molecule has 2 saturated heterocycles. The second-order valence-corrected chi connectivity index (χ2v) is 12.9. The fourth-order valence-corrected chi connectivity index (χ4v) is 7.83. The van der Waals surface area contributed by atoms with E-state index in [1.54, 1.807) is 0 Å². The first-order valence-electron chi connectivity index (χ1n) is 15.8. The Hall–Kier alpha value is -4.18. The minimum atomic E-state index is 0.592. The molecule has 0 bridgehead atoms. The molecule has 4 nitrogen and oxygen atoms in total. The van der Waals surface area contributed by atoms with Crippen molar-refractivity contribution in [2.75, 3.05) is 22.9 Å². The summed E-state index contributed by atoms with van der Waals surface area (Å²) in [6.45, 7) is 6.98. The van der Waals surface area contributed by atoms with Gasteiger partial charge in [-0.2, -0.15) is 0 Å². The van der Waals surface area contributed by atoms with Gasteiger partial charge < -0.3 is 18.6 Å². The summed E-state index contributed by atoms with van der Waals surface area (Å²) >= 11 is 0. The molecule has 2 aromatic heterocycles. The van der Waals surface area contributed by atoms with Crippen LogP contribution in [0.5, 0.6) is 0 Å². The maximum Gasteiger partial charge on any atom is 0.136 e. The lowest BCUT2D eigenvalue weighted by molar-refractivity contribution is 0.485. The van der Waals surface area contributed by atoms with Crippen LogP contribution in [0.2, 0.25) is 0 Å². The van der Waals surface area contributed by atoms with Crippen LogP contribution in [0, 0.1) is 0 Å². The monoisotopic (exact) mass is 552 g/mol. The zero-order chi connectivity index (χ0) is 27.9. The van der Waals surface area contributed by atoms with Crippen LogP contribution >= 0.6 is 0 Å². The Morgan fingerprint density at radius 3 is 1.36 bits per heavy atom. The van der Waals surface area contributed by atoms with Crippen molar-refractivity contribution >= 4 is 76.8 Å². The molecule has 7 aromatic rings. The maximum atomic E-state index is 6.51. The number of fused-ring (bicyclic) bond motifs is 8. The molecule has 0 spiro atoms. The minimum Gasteiger partial charge on any atom is -0.456 e. The Kier molecular flexibility index (Phi) is 5.33. The zero-order valence-corrected chi connectivity index (χ0v) is 24.5. The van der Waals surface area contributed by atoms with Gasteiger partial charge in [0.2, 0.25) is 0 Å². The standard InChI is InChI=1S/C38H36N2O2/c1-23-7-3-5-13-39(23)29-11-9-25-17-31-33-21-38-34(22-37(33)41-35(31)19-27(25)15-29)32-18-26-10-12-30(16-28(26)20-36(32)42-38)40-14-6-4-8-24(40)2/h9-12,15-24H,3-8,13-14H2,1-2H3. The van der Waals surface area contributed by atoms with Crippen molar-refractivity contribution in [1.82, 2.24) is 0 Å². The van der Waals surface area contributed by atoms with Crippen LogP contribution in [-0.4, -0.2) is 25.2 Å². The minimum absolute atomic E-state index is 0.592. The van der Waals surface area contributed by atoms with Crippen molar-refractivity contribution in [3.05, 3.63) is 72.8 Å². The second kappa shape index (κ2) is 9.16. The van der Waals surface area contributed by atoms with Crippen LogP contribution in [0.15, 0.2) is 81.6 Å². The number of piperidine rings is 2. The molecule has 42 heavy (non-hydrogen) atoms. The Bertz CT molecular complexity index is 2010. The molecule has 2 aliphatic heterocycles. The average Bonchev–Trinajstić information content (AvgIpc) is 3.53. The van der Waals surface area contributed by atoms with E-state index < -0.39 is 0 Å². The molecule has 2 unspecified atom stereocenters. The van der Waals surface area contributed by atoms with Gasteiger partial charge in [0.15, 0.2) is 0 Å². The first kappa shape index (κ1) is 24.4. The second-order valence-electron chi connectivity index (χ2n) is 12.9. The van der Waals surface area contributed by atoms with E-state index in [1.807, 2.05) is 0 Å². The molecule has 4 heterocycles. The fraction of sp³-hybridized carbons (Fsp3) is 0.316. The highest BCUT2D eigenvalue weighted by molar-refractivity contribution is 6.18. The van der Waals surface area contributed by atoms with Crippen LogP contribution in [0.3, 0.4) is 0 Å². The van der Waals surface area contributed by atoms with Gasteiger partial charge in [-0.1, -0.05) is 12.1 Å². The van der Waals surface area contributed by atoms with Crippen LogP contribution in [0.4, 0.5) is 11.4 Å². The lowest BCUT2D eigenvalue weighted by Crippen LogP contribution is -2.37. The van der Waals surface area contributed by atoms with Crippen molar-refractivity contribution in [2.45, 2.75) is 64.5 Å². The molecule has 0 radical (unpaired) electrons. The summed E-state index contributed by atoms with van der Waals surface area (Å²) in [7, 11) is 0. The quantitative estimate of drug-likeness (QED) is 0.214. The molecule has 4 heteroatoms. The Balaban J connectivity index is 1.15. The number of hydrogen-bond acceptors (Lipinski definition) is 4. The molecule has 2 fully saturated rings. The molecule has 210 valence electrons. The van der Waals surface area contributed by atoms with E-state index in [2.05, 4.69) is 96.4 Å². The number of furan rings is 2. The van der Waals surface area contributed by atoms with Gasteiger partial charge in [-0.15, -0.1) is 0 Å². The smallest absolute Gasteiger partial charge is 0.136 e. The summed E-state index contributed by atoms with van der Waals surface area (Å²) in [5, 5.41) is 9.46. The number of benzene rings is 5. The predicted octanol–water partition coefficient (Wildman–Crippen LogP) is 10.5. The summed E-state index contributed by atoms with van der Waals surface area (Å²) in [6.07, 6.45) is 7.75. The van der Waals surface area contributed by atoms with Gasteiger partial charge in [0.1, 0.15) is 22.3 Å². The van der Waals surface area contributed by atoms with Crippen molar-refractivity contribution in [3.63, 3.8) is 0 Å². The number of nitrogens with zero attached hydrogens (tertiary/aromatic N) is 2. The summed E-state index contributed by atoms with van der Waals surface area (Å²) in [6, 6.07) is 28.3. The maximum absolute atomic E-state index is 6.51. The lowest BCUT2D eigenvalue weighted by atomic mass is 10.0. The van der Waals surface area contributed by atoms with Crippen LogP contribution in [0.1, 0.15) is 52.4 Å². The van der Waals surface area contributed by atoms with Crippen LogP contribution in [0.25, 0.3) is 65.4 Å². The van der Waals surface area contributed by atoms with Gasteiger partial charge in [0, 0.05) is 58.1 Å². The van der Waals surface area contributed by atoms with Crippen LogP contribution < -0.4 is 9.80 Å². The first-order valence-corrected chi connectivity index (χ1v) is 15.8. The highest BCUT2D eigenvalue weighted by Gasteiger charge is 2.21. The van der Waals surface area contributed by atoms with Gasteiger partial charge >= 0.3 is 0 Å². The van der Waals surface area contributed by atoms with Gasteiger partial charge in [-0.25, -0.2) is 0 Å². The third-order valence-corrected chi connectivity index (χ3v) is 10.2. The van der Waals surface area contributed by atoms with E-state index in [-0.39, 0.29) is 0 Å². The molecule has 0 N–H and O–H groups in total. The van der Waals surface area contributed by atoms with Gasteiger partial charge in [-0.05, 0) is 135 Å². The average molecular weight is 553 g/mol. The predicted molar refractivity (Wildman–Crippen MR) is 177 cm³/mol. The molecule has 0 amide bonds. The molecule has 5 aromatic carbocycles. The molecule has 0 saturated carbocycles.